The van der Waals surface area contributed by atoms with Crippen LogP contribution in [0.3, 0.4) is 0 Å². The van der Waals surface area contributed by atoms with Gasteiger partial charge in [-0.2, -0.15) is 0 Å². The lowest BCUT2D eigenvalue weighted by atomic mass is 10.0. The van der Waals surface area contributed by atoms with E-state index in [4.69, 9.17) is 4.74 Å². The van der Waals surface area contributed by atoms with E-state index in [0.717, 1.165) is 29.7 Å². The molecule has 0 aromatic heterocycles. The molecule has 1 aromatic rings. The van der Waals surface area contributed by atoms with Crippen molar-refractivity contribution in [3.63, 3.8) is 0 Å². The molecule has 1 aliphatic heterocycles. The quantitative estimate of drug-likeness (QED) is 0.890. The van der Waals surface area contributed by atoms with E-state index in [1.54, 1.807) is 0 Å². The molecule has 0 aliphatic carbocycles. The van der Waals surface area contributed by atoms with Crippen molar-refractivity contribution in [2.24, 2.45) is 0 Å². The van der Waals surface area contributed by atoms with Crippen molar-refractivity contribution in [3.8, 4) is 5.75 Å². The monoisotopic (exact) mass is 311 g/mol. The topological polar surface area (TPSA) is 21.3 Å². The van der Waals surface area contributed by atoms with Gasteiger partial charge in [0.15, 0.2) is 0 Å². The fraction of sp³-hybridized carbons (Fsp3) is 0.600. The fourth-order valence-electron chi connectivity index (χ4n) is 2.45. The summed E-state index contributed by atoms with van der Waals surface area (Å²) >= 11 is 3.50. The molecular weight excluding hydrogens is 290 g/mol. The predicted octanol–water partition coefficient (Wildman–Crippen LogP) is 3.92. The number of ether oxygens (including phenoxy) is 1. The first-order valence-corrected chi connectivity index (χ1v) is 7.73. The van der Waals surface area contributed by atoms with Gasteiger partial charge in [0.1, 0.15) is 5.75 Å². The van der Waals surface area contributed by atoms with E-state index in [2.05, 4.69) is 40.3 Å². The molecule has 0 radical (unpaired) electrons. The molecule has 1 atom stereocenters. The van der Waals surface area contributed by atoms with Gasteiger partial charge in [0.2, 0.25) is 0 Å². The highest BCUT2D eigenvalue weighted by Gasteiger charge is 2.12. The number of aryl methyl sites for hydroxylation is 1. The number of rotatable bonds is 5. The van der Waals surface area contributed by atoms with Gasteiger partial charge in [-0.1, -0.05) is 29.3 Å². The second-order valence-electron chi connectivity index (χ2n) is 4.89. The molecule has 2 rings (SSSR count). The van der Waals surface area contributed by atoms with Gasteiger partial charge in [0.05, 0.1) is 6.61 Å². The third-order valence-corrected chi connectivity index (χ3v) is 4.03. The van der Waals surface area contributed by atoms with Gasteiger partial charge in [0, 0.05) is 10.5 Å². The van der Waals surface area contributed by atoms with E-state index in [9.17, 15) is 0 Å². The summed E-state index contributed by atoms with van der Waals surface area (Å²) < 4.78 is 7.05. The molecule has 1 aromatic carbocycles. The molecular formula is C15H22BrNO. The summed E-state index contributed by atoms with van der Waals surface area (Å²) in [6.45, 7) is 4.15. The van der Waals surface area contributed by atoms with Crippen LogP contribution in [0.1, 0.15) is 38.2 Å². The van der Waals surface area contributed by atoms with Crippen LogP contribution in [0.2, 0.25) is 0 Å². The average molecular weight is 312 g/mol. The van der Waals surface area contributed by atoms with Gasteiger partial charge in [-0.15, -0.1) is 0 Å². The molecule has 3 heteroatoms. The maximum Gasteiger partial charge on any atom is 0.122 e. The van der Waals surface area contributed by atoms with Crippen LogP contribution in [0.15, 0.2) is 22.7 Å². The summed E-state index contributed by atoms with van der Waals surface area (Å²) in [6.07, 6.45) is 6.10. The molecule has 100 valence electrons. The molecule has 18 heavy (non-hydrogen) atoms. The van der Waals surface area contributed by atoms with Crippen LogP contribution in [0.4, 0.5) is 0 Å². The summed E-state index contributed by atoms with van der Waals surface area (Å²) in [5.74, 6) is 1.04. The van der Waals surface area contributed by atoms with Gasteiger partial charge in [0.25, 0.3) is 0 Å². The van der Waals surface area contributed by atoms with Crippen LogP contribution in [-0.2, 0) is 6.42 Å². The second kappa shape index (κ2) is 7.15. The SMILES string of the molecule is CCc1cc(Br)ccc1OCCC1CCCCN1. The van der Waals surface area contributed by atoms with Crippen molar-refractivity contribution in [1.29, 1.82) is 0 Å². The first kappa shape index (κ1) is 13.9. The smallest absolute Gasteiger partial charge is 0.122 e. The van der Waals surface area contributed by atoms with E-state index in [1.807, 2.05) is 6.07 Å². The fourth-order valence-corrected chi connectivity index (χ4v) is 2.86. The number of benzene rings is 1. The molecule has 1 fully saturated rings. The Morgan fingerprint density at radius 1 is 1.39 bits per heavy atom. The lowest BCUT2D eigenvalue weighted by Gasteiger charge is -2.23. The zero-order valence-electron chi connectivity index (χ0n) is 11.0. The number of hydrogen-bond acceptors (Lipinski definition) is 2. The minimum Gasteiger partial charge on any atom is -0.493 e. The van der Waals surface area contributed by atoms with Crippen LogP contribution in [0.5, 0.6) is 5.75 Å². The molecule has 0 spiro atoms. The Kier molecular flexibility index (Phi) is 5.51. The molecule has 1 heterocycles. The third kappa shape index (κ3) is 3.99. The van der Waals surface area contributed by atoms with Gasteiger partial charge in [-0.3, -0.25) is 0 Å². The molecule has 0 bridgehead atoms. The Labute approximate surface area is 118 Å². The van der Waals surface area contributed by atoms with Crippen molar-refractivity contribution < 1.29 is 4.74 Å². The van der Waals surface area contributed by atoms with Gasteiger partial charge >= 0.3 is 0 Å². The maximum atomic E-state index is 5.92. The van der Waals surface area contributed by atoms with Crippen molar-refractivity contribution in [1.82, 2.24) is 5.32 Å². The number of nitrogens with one attached hydrogen (secondary N) is 1. The highest BCUT2D eigenvalue weighted by atomic mass is 79.9. The summed E-state index contributed by atoms with van der Waals surface area (Å²) in [6, 6.07) is 6.91. The Bertz CT molecular complexity index is 375. The van der Waals surface area contributed by atoms with Crippen molar-refractivity contribution in [2.45, 2.75) is 45.1 Å². The van der Waals surface area contributed by atoms with E-state index in [1.165, 1.54) is 31.4 Å². The van der Waals surface area contributed by atoms with Crippen LogP contribution in [0, 0.1) is 0 Å². The maximum absolute atomic E-state index is 5.92. The highest BCUT2D eigenvalue weighted by Crippen LogP contribution is 2.24. The normalized spacial score (nSPS) is 19.8. The summed E-state index contributed by atoms with van der Waals surface area (Å²) in [7, 11) is 0. The van der Waals surface area contributed by atoms with Crippen LogP contribution in [-0.4, -0.2) is 19.2 Å². The van der Waals surface area contributed by atoms with E-state index < -0.39 is 0 Å². The molecule has 2 nitrogen and oxygen atoms in total. The van der Waals surface area contributed by atoms with Crippen molar-refractivity contribution in [2.75, 3.05) is 13.2 Å². The first-order valence-electron chi connectivity index (χ1n) is 6.94. The predicted molar refractivity (Wildman–Crippen MR) is 79.3 cm³/mol. The Balaban J connectivity index is 1.82. The second-order valence-corrected chi connectivity index (χ2v) is 5.81. The van der Waals surface area contributed by atoms with E-state index in [-0.39, 0.29) is 0 Å². The Morgan fingerprint density at radius 2 is 2.28 bits per heavy atom. The summed E-state index contributed by atoms with van der Waals surface area (Å²) in [5, 5.41) is 3.56. The molecule has 1 saturated heterocycles. The van der Waals surface area contributed by atoms with Crippen LogP contribution < -0.4 is 10.1 Å². The zero-order chi connectivity index (χ0) is 12.8. The minimum atomic E-state index is 0.652. The molecule has 0 amide bonds. The highest BCUT2D eigenvalue weighted by molar-refractivity contribution is 9.10. The van der Waals surface area contributed by atoms with E-state index >= 15 is 0 Å². The van der Waals surface area contributed by atoms with Gasteiger partial charge < -0.3 is 10.1 Å². The molecule has 1 aliphatic rings. The van der Waals surface area contributed by atoms with Gasteiger partial charge in [-0.05, 0) is 56.0 Å². The summed E-state index contributed by atoms with van der Waals surface area (Å²) in [4.78, 5) is 0. The van der Waals surface area contributed by atoms with Crippen LogP contribution in [0.25, 0.3) is 0 Å². The Morgan fingerprint density at radius 3 is 3.00 bits per heavy atom. The summed E-state index contributed by atoms with van der Waals surface area (Å²) in [5.41, 5.74) is 1.28. The lowest BCUT2D eigenvalue weighted by Crippen LogP contribution is -2.35. The standard InChI is InChI=1S/C15H22BrNO/c1-2-12-11-13(16)6-7-15(12)18-10-8-14-5-3-4-9-17-14/h6-7,11,14,17H,2-5,8-10H2,1H3. The number of piperidine rings is 1. The molecule has 1 N–H and O–H groups in total. The van der Waals surface area contributed by atoms with Crippen molar-refractivity contribution >= 4 is 15.9 Å². The minimum absolute atomic E-state index is 0.652. The molecule has 0 saturated carbocycles. The Hall–Kier alpha value is -0.540. The lowest BCUT2D eigenvalue weighted by molar-refractivity contribution is 0.266. The van der Waals surface area contributed by atoms with Gasteiger partial charge in [-0.25, -0.2) is 0 Å². The van der Waals surface area contributed by atoms with Crippen molar-refractivity contribution in [3.05, 3.63) is 28.2 Å². The van der Waals surface area contributed by atoms with Crippen LogP contribution >= 0.6 is 15.9 Å². The number of halogens is 1. The van der Waals surface area contributed by atoms with E-state index in [0.29, 0.717) is 6.04 Å². The third-order valence-electron chi connectivity index (χ3n) is 3.54. The zero-order valence-corrected chi connectivity index (χ0v) is 12.6. The average Bonchev–Trinajstić information content (AvgIpc) is 2.41. The number of hydrogen-bond donors (Lipinski definition) is 1. The largest absolute Gasteiger partial charge is 0.493 e. The molecule has 1 unspecified atom stereocenters. The first-order chi connectivity index (χ1) is 8.79.